The molecule has 2 aromatic heterocycles. The third-order valence-electron chi connectivity index (χ3n) is 2.32. The van der Waals surface area contributed by atoms with Crippen molar-refractivity contribution in [1.82, 2.24) is 9.97 Å². The molecule has 0 atom stereocenters. The molecule has 3 nitrogen and oxygen atoms in total. The normalized spacial score (nSPS) is 11.4. The highest BCUT2D eigenvalue weighted by Gasteiger charge is 2.12. The fraction of sp³-hybridized carbons (Fsp3) is 0.455. The van der Waals surface area contributed by atoms with Gasteiger partial charge in [-0.15, -0.1) is 11.3 Å². The van der Waals surface area contributed by atoms with Gasteiger partial charge in [0.15, 0.2) is 0 Å². The minimum atomic E-state index is 0.498. The molecule has 86 valence electrons. The topological polar surface area (TPSA) is 29.0 Å². The summed E-state index contributed by atoms with van der Waals surface area (Å²) in [6.07, 6.45) is 0. The molecule has 16 heavy (non-hydrogen) atoms. The number of aromatic nitrogens is 2. The van der Waals surface area contributed by atoms with Crippen molar-refractivity contribution in [3.8, 4) is 0 Å². The van der Waals surface area contributed by atoms with Gasteiger partial charge in [-0.3, -0.25) is 0 Å². The van der Waals surface area contributed by atoms with Crippen molar-refractivity contribution >= 4 is 39.1 Å². The maximum Gasteiger partial charge on any atom is 0.227 e. The van der Waals surface area contributed by atoms with Crippen molar-refractivity contribution in [1.29, 1.82) is 0 Å². The third-order valence-corrected chi connectivity index (χ3v) is 3.94. The summed E-state index contributed by atoms with van der Waals surface area (Å²) in [5.74, 6) is 1.16. The Hall–Kier alpha value is -0.870. The quantitative estimate of drug-likeness (QED) is 0.769. The van der Waals surface area contributed by atoms with E-state index in [0.29, 0.717) is 17.0 Å². The van der Waals surface area contributed by atoms with Gasteiger partial charge < -0.3 is 4.90 Å². The Morgan fingerprint density at radius 2 is 2.00 bits per heavy atom. The van der Waals surface area contributed by atoms with Crippen molar-refractivity contribution in [3.63, 3.8) is 0 Å². The van der Waals surface area contributed by atoms with Crippen molar-refractivity contribution in [2.75, 3.05) is 19.0 Å². The summed E-state index contributed by atoms with van der Waals surface area (Å²) in [6.45, 7) is 4.33. The standard InChI is InChI=1S/C11H14ClN3S/c1-6(2)8-5-7-9(12)13-11(15(3)4)14-10(7)16-8/h5-6H,1-4H3. The molecule has 0 aliphatic heterocycles. The highest BCUT2D eigenvalue weighted by Crippen LogP contribution is 2.33. The van der Waals surface area contributed by atoms with Gasteiger partial charge in [0.2, 0.25) is 5.95 Å². The highest BCUT2D eigenvalue weighted by molar-refractivity contribution is 7.18. The maximum atomic E-state index is 6.15. The number of fused-ring (bicyclic) bond motifs is 1. The van der Waals surface area contributed by atoms with E-state index in [1.807, 2.05) is 19.0 Å². The van der Waals surface area contributed by atoms with Crippen LogP contribution in [0.4, 0.5) is 5.95 Å². The molecule has 0 N–H and O–H groups in total. The Balaban J connectivity index is 2.63. The largest absolute Gasteiger partial charge is 0.347 e. The van der Waals surface area contributed by atoms with Crippen molar-refractivity contribution in [2.45, 2.75) is 19.8 Å². The molecule has 0 aliphatic rings. The smallest absolute Gasteiger partial charge is 0.227 e. The van der Waals surface area contributed by atoms with Crippen molar-refractivity contribution in [2.24, 2.45) is 0 Å². The molecule has 0 saturated heterocycles. The van der Waals surface area contributed by atoms with E-state index >= 15 is 0 Å². The van der Waals surface area contributed by atoms with Gasteiger partial charge in [-0.05, 0) is 12.0 Å². The van der Waals surface area contributed by atoms with Gasteiger partial charge in [0.1, 0.15) is 9.98 Å². The lowest BCUT2D eigenvalue weighted by Crippen LogP contribution is -2.12. The third kappa shape index (κ3) is 1.99. The molecular weight excluding hydrogens is 242 g/mol. The van der Waals surface area contributed by atoms with Crippen LogP contribution in [0.5, 0.6) is 0 Å². The predicted molar refractivity (Wildman–Crippen MR) is 70.8 cm³/mol. The Labute approximate surface area is 104 Å². The summed E-state index contributed by atoms with van der Waals surface area (Å²) in [5, 5.41) is 1.50. The van der Waals surface area contributed by atoms with Gasteiger partial charge in [0.05, 0.1) is 0 Å². The Kier molecular flexibility index (Phi) is 3.04. The van der Waals surface area contributed by atoms with Gasteiger partial charge >= 0.3 is 0 Å². The Bertz CT molecular complexity index is 519. The second-order valence-corrected chi connectivity index (χ2v) is 5.65. The SMILES string of the molecule is CC(C)c1cc2c(Cl)nc(N(C)C)nc2s1. The van der Waals surface area contributed by atoms with E-state index in [1.54, 1.807) is 11.3 Å². The number of anilines is 1. The molecule has 0 amide bonds. The summed E-state index contributed by atoms with van der Waals surface area (Å²) in [5.41, 5.74) is 0. The van der Waals surface area contributed by atoms with Crippen LogP contribution in [0.1, 0.15) is 24.6 Å². The summed E-state index contributed by atoms with van der Waals surface area (Å²) in [6, 6.07) is 2.09. The van der Waals surface area contributed by atoms with Gasteiger partial charge in [-0.2, -0.15) is 0 Å². The number of hydrogen-bond donors (Lipinski definition) is 0. The lowest BCUT2D eigenvalue weighted by atomic mass is 10.2. The number of thiophene rings is 1. The number of nitrogens with zero attached hydrogens (tertiary/aromatic N) is 3. The molecule has 0 aromatic carbocycles. The first-order valence-corrected chi connectivity index (χ1v) is 6.32. The van der Waals surface area contributed by atoms with Crippen LogP contribution < -0.4 is 4.90 Å². The molecule has 0 spiro atoms. The molecule has 2 rings (SSSR count). The summed E-state index contributed by atoms with van der Waals surface area (Å²) < 4.78 is 0. The first-order chi connectivity index (χ1) is 7.49. The zero-order chi connectivity index (χ0) is 11.9. The monoisotopic (exact) mass is 255 g/mol. The summed E-state index contributed by atoms with van der Waals surface area (Å²) >= 11 is 7.84. The molecule has 2 heterocycles. The van der Waals surface area contributed by atoms with Crippen LogP contribution in [0.25, 0.3) is 10.2 Å². The molecule has 0 unspecified atom stereocenters. The van der Waals surface area contributed by atoms with Gasteiger partial charge in [0.25, 0.3) is 0 Å². The molecule has 5 heteroatoms. The average molecular weight is 256 g/mol. The minimum Gasteiger partial charge on any atom is -0.347 e. The lowest BCUT2D eigenvalue weighted by molar-refractivity contribution is 0.890. The van der Waals surface area contributed by atoms with E-state index in [4.69, 9.17) is 11.6 Å². The van der Waals surface area contributed by atoms with Gasteiger partial charge in [-0.1, -0.05) is 25.4 Å². The maximum absolute atomic E-state index is 6.15. The zero-order valence-electron chi connectivity index (χ0n) is 9.78. The summed E-state index contributed by atoms with van der Waals surface area (Å²) in [7, 11) is 3.82. The van der Waals surface area contributed by atoms with E-state index in [9.17, 15) is 0 Å². The molecule has 0 bridgehead atoms. The first kappa shape index (κ1) is 11.6. The van der Waals surface area contributed by atoms with E-state index in [-0.39, 0.29) is 0 Å². The van der Waals surface area contributed by atoms with Crippen molar-refractivity contribution < 1.29 is 0 Å². The number of halogens is 1. The molecule has 0 saturated carbocycles. The average Bonchev–Trinajstić information content (AvgIpc) is 2.61. The second kappa shape index (κ2) is 4.18. The van der Waals surface area contributed by atoms with E-state index in [1.165, 1.54) is 4.88 Å². The number of hydrogen-bond acceptors (Lipinski definition) is 4. The lowest BCUT2D eigenvalue weighted by Gasteiger charge is -2.09. The fourth-order valence-electron chi connectivity index (χ4n) is 1.38. The predicted octanol–water partition coefficient (Wildman–Crippen LogP) is 3.53. The van der Waals surface area contributed by atoms with Crippen LogP contribution >= 0.6 is 22.9 Å². The first-order valence-electron chi connectivity index (χ1n) is 5.13. The minimum absolute atomic E-state index is 0.498. The molecule has 2 aromatic rings. The van der Waals surface area contributed by atoms with Crippen LogP contribution in [0.2, 0.25) is 5.15 Å². The number of rotatable bonds is 2. The Morgan fingerprint density at radius 1 is 1.31 bits per heavy atom. The molecule has 0 fully saturated rings. The van der Waals surface area contributed by atoms with Crippen LogP contribution in [-0.4, -0.2) is 24.1 Å². The van der Waals surface area contributed by atoms with E-state index in [2.05, 4.69) is 29.9 Å². The van der Waals surface area contributed by atoms with Crippen LogP contribution in [-0.2, 0) is 0 Å². The van der Waals surface area contributed by atoms with Crippen molar-refractivity contribution in [3.05, 3.63) is 16.1 Å². The Morgan fingerprint density at radius 3 is 2.56 bits per heavy atom. The molecule has 0 aliphatic carbocycles. The highest BCUT2D eigenvalue weighted by atomic mass is 35.5. The molecular formula is C11H14ClN3S. The summed E-state index contributed by atoms with van der Waals surface area (Å²) in [4.78, 5) is 12.9. The van der Waals surface area contributed by atoms with Gasteiger partial charge in [-0.25, -0.2) is 9.97 Å². The van der Waals surface area contributed by atoms with Gasteiger partial charge in [0, 0.05) is 24.4 Å². The second-order valence-electron chi connectivity index (χ2n) is 4.23. The van der Waals surface area contributed by atoms with Crippen LogP contribution in [0.3, 0.4) is 0 Å². The molecule has 0 radical (unpaired) electrons. The van der Waals surface area contributed by atoms with Crippen LogP contribution in [0.15, 0.2) is 6.07 Å². The van der Waals surface area contributed by atoms with E-state index < -0.39 is 0 Å². The zero-order valence-corrected chi connectivity index (χ0v) is 11.4. The van der Waals surface area contributed by atoms with Crippen LogP contribution in [0, 0.1) is 0 Å². The van der Waals surface area contributed by atoms with E-state index in [0.717, 1.165) is 10.2 Å². The fourth-order valence-corrected chi connectivity index (χ4v) is 2.68.